The normalized spacial score (nSPS) is 15.4. The van der Waals surface area contributed by atoms with Gasteiger partial charge in [0.15, 0.2) is 9.84 Å². The fourth-order valence-corrected chi connectivity index (χ4v) is 3.29. The van der Waals surface area contributed by atoms with Gasteiger partial charge in [-0.05, 0) is 28.8 Å². The summed E-state index contributed by atoms with van der Waals surface area (Å²) in [5, 5.41) is 0. The maximum Gasteiger partial charge on any atom is 0.339 e. The highest BCUT2D eigenvalue weighted by molar-refractivity contribution is 7.90. The average molecular weight is 328 g/mol. The van der Waals surface area contributed by atoms with Crippen LogP contribution >= 0.6 is 0 Å². The van der Waals surface area contributed by atoms with Crippen molar-refractivity contribution in [3.05, 3.63) is 65.7 Å². The number of sulfone groups is 1. The van der Waals surface area contributed by atoms with Crippen LogP contribution < -0.4 is 0 Å². The van der Waals surface area contributed by atoms with Crippen molar-refractivity contribution in [2.45, 2.75) is 11.3 Å². The summed E-state index contributed by atoms with van der Waals surface area (Å²) < 4.78 is 28.3. The van der Waals surface area contributed by atoms with Crippen LogP contribution in [0.3, 0.4) is 0 Å². The highest BCUT2D eigenvalue weighted by atomic mass is 32.2. The Kier molecular flexibility index (Phi) is 4.05. The summed E-state index contributed by atoms with van der Waals surface area (Å²) in [7, 11) is -3.23. The van der Waals surface area contributed by atoms with Crippen LogP contribution in [0, 0.1) is 0 Å². The number of cyclic esters (lactones) is 1. The van der Waals surface area contributed by atoms with Crippen molar-refractivity contribution in [1.82, 2.24) is 0 Å². The summed E-state index contributed by atoms with van der Waals surface area (Å²) in [6, 6.07) is 16.0. The van der Waals surface area contributed by atoms with E-state index in [-0.39, 0.29) is 10.9 Å². The number of esters is 1. The number of hydrogen-bond donors (Lipinski definition) is 0. The monoisotopic (exact) mass is 328 g/mol. The SMILES string of the molecule is CS(=O)(=O)c1ccc(C2=C(c3ccccc3)C(=O)OCC2)cc1. The first-order chi connectivity index (χ1) is 11.0. The summed E-state index contributed by atoms with van der Waals surface area (Å²) in [6.07, 6.45) is 1.78. The van der Waals surface area contributed by atoms with Crippen LogP contribution in [0.15, 0.2) is 59.5 Å². The standard InChI is InChI=1S/C18H16O4S/c1-23(20,21)15-9-7-13(8-10-15)16-11-12-22-18(19)17(16)14-5-3-2-4-6-14/h2-10H,11-12H2,1H3. The second-order valence-corrected chi connectivity index (χ2v) is 7.42. The topological polar surface area (TPSA) is 60.4 Å². The van der Waals surface area contributed by atoms with E-state index in [4.69, 9.17) is 4.74 Å². The average Bonchev–Trinajstić information content (AvgIpc) is 2.55. The number of carbonyl (C=O) groups excluding carboxylic acids is 1. The van der Waals surface area contributed by atoms with E-state index in [9.17, 15) is 13.2 Å². The lowest BCUT2D eigenvalue weighted by Gasteiger charge is -2.20. The highest BCUT2D eigenvalue weighted by Crippen LogP contribution is 2.33. The molecule has 0 spiro atoms. The third-order valence-corrected chi connectivity index (χ3v) is 4.91. The zero-order valence-electron chi connectivity index (χ0n) is 12.7. The number of benzene rings is 2. The summed E-state index contributed by atoms with van der Waals surface area (Å²) in [5.74, 6) is -0.343. The molecule has 1 heterocycles. The Morgan fingerprint density at radius 2 is 1.57 bits per heavy atom. The smallest absolute Gasteiger partial charge is 0.339 e. The van der Waals surface area contributed by atoms with Gasteiger partial charge in [-0.25, -0.2) is 13.2 Å². The number of ether oxygens (including phenoxy) is 1. The molecule has 0 aliphatic carbocycles. The Morgan fingerprint density at radius 1 is 0.913 bits per heavy atom. The Morgan fingerprint density at radius 3 is 2.17 bits per heavy atom. The van der Waals surface area contributed by atoms with E-state index in [1.165, 1.54) is 6.26 Å². The van der Waals surface area contributed by atoms with Gasteiger partial charge in [-0.3, -0.25) is 0 Å². The summed E-state index contributed by atoms with van der Waals surface area (Å²) in [4.78, 5) is 12.5. The van der Waals surface area contributed by atoms with Crippen LogP contribution in [-0.4, -0.2) is 27.2 Å². The number of carbonyl (C=O) groups is 1. The van der Waals surface area contributed by atoms with Gasteiger partial charge in [-0.2, -0.15) is 0 Å². The van der Waals surface area contributed by atoms with E-state index in [0.29, 0.717) is 18.6 Å². The Labute approximate surface area is 135 Å². The first kappa shape index (κ1) is 15.5. The van der Waals surface area contributed by atoms with E-state index >= 15 is 0 Å². The molecule has 0 radical (unpaired) electrons. The van der Waals surface area contributed by atoms with Gasteiger partial charge < -0.3 is 4.74 Å². The molecule has 0 saturated carbocycles. The third kappa shape index (κ3) is 3.19. The third-order valence-electron chi connectivity index (χ3n) is 3.78. The predicted molar refractivity (Wildman–Crippen MR) is 88.4 cm³/mol. The molecule has 0 fully saturated rings. The summed E-state index contributed by atoms with van der Waals surface area (Å²) in [6.45, 7) is 0.332. The molecule has 118 valence electrons. The molecule has 1 aliphatic rings. The van der Waals surface area contributed by atoms with Gasteiger partial charge in [-0.1, -0.05) is 42.5 Å². The fourth-order valence-electron chi connectivity index (χ4n) is 2.66. The molecule has 0 amide bonds. The molecule has 2 aromatic carbocycles. The van der Waals surface area contributed by atoms with Gasteiger partial charge in [-0.15, -0.1) is 0 Å². The maximum absolute atomic E-state index is 12.2. The Hall–Kier alpha value is -2.40. The van der Waals surface area contributed by atoms with E-state index < -0.39 is 9.84 Å². The largest absolute Gasteiger partial charge is 0.462 e. The van der Waals surface area contributed by atoms with Crippen LogP contribution in [0.5, 0.6) is 0 Å². The van der Waals surface area contributed by atoms with Crippen LogP contribution in [0.1, 0.15) is 17.5 Å². The molecule has 2 aromatic rings. The zero-order valence-corrected chi connectivity index (χ0v) is 13.5. The van der Waals surface area contributed by atoms with Crippen LogP contribution in [-0.2, 0) is 19.4 Å². The molecule has 3 rings (SSSR count). The van der Waals surface area contributed by atoms with Gasteiger partial charge >= 0.3 is 5.97 Å². The molecular formula is C18H16O4S. The first-order valence-corrected chi connectivity index (χ1v) is 9.12. The van der Waals surface area contributed by atoms with Crippen LogP contribution in [0.25, 0.3) is 11.1 Å². The van der Waals surface area contributed by atoms with Crippen molar-refractivity contribution in [2.75, 3.05) is 12.9 Å². The van der Waals surface area contributed by atoms with Crippen LogP contribution in [0.4, 0.5) is 0 Å². The molecule has 4 nitrogen and oxygen atoms in total. The first-order valence-electron chi connectivity index (χ1n) is 7.23. The second kappa shape index (κ2) is 6.01. The molecule has 0 bridgehead atoms. The summed E-state index contributed by atoms with van der Waals surface area (Å²) in [5.41, 5.74) is 3.07. The quantitative estimate of drug-likeness (QED) is 0.813. The lowest BCUT2D eigenvalue weighted by molar-refractivity contribution is -0.136. The number of rotatable bonds is 3. The Balaban J connectivity index is 2.12. The van der Waals surface area contributed by atoms with Crippen molar-refractivity contribution >= 4 is 27.0 Å². The van der Waals surface area contributed by atoms with Crippen molar-refractivity contribution in [3.8, 4) is 0 Å². The fraction of sp³-hybridized carbons (Fsp3) is 0.167. The minimum Gasteiger partial charge on any atom is -0.462 e. The molecule has 0 atom stereocenters. The second-order valence-electron chi connectivity index (χ2n) is 5.40. The van der Waals surface area contributed by atoms with Gasteiger partial charge in [0.2, 0.25) is 0 Å². The molecule has 5 heteroatoms. The molecule has 1 aliphatic heterocycles. The molecule has 0 aromatic heterocycles. The number of hydrogen-bond acceptors (Lipinski definition) is 4. The van der Waals surface area contributed by atoms with Crippen LogP contribution in [0.2, 0.25) is 0 Å². The minimum atomic E-state index is -3.23. The van der Waals surface area contributed by atoms with Crippen molar-refractivity contribution in [2.24, 2.45) is 0 Å². The zero-order chi connectivity index (χ0) is 16.4. The van der Waals surface area contributed by atoms with Crippen molar-refractivity contribution in [3.63, 3.8) is 0 Å². The molecule has 0 saturated heterocycles. The molecule has 0 N–H and O–H groups in total. The van der Waals surface area contributed by atoms with E-state index in [2.05, 4.69) is 0 Å². The predicted octanol–water partition coefficient (Wildman–Crippen LogP) is 2.95. The summed E-state index contributed by atoms with van der Waals surface area (Å²) >= 11 is 0. The molecule has 0 unspecified atom stereocenters. The van der Waals surface area contributed by atoms with E-state index in [0.717, 1.165) is 16.7 Å². The van der Waals surface area contributed by atoms with E-state index in [1.807, 2.05) is 30.3 Å². The molecule has 23 heavy (non-hydrogen) atoms. The lowest BCUT2D eigenvalue weighted by atomic mass is 9.91. The van der Waals surface area contributed by atoms with Gasteiger partial charge in [0, 0.05) is 12.7 Å². The Bertz CT molecular complexity index is 863. The minimum absolute atomic E-state index is 0.265. The van der Waals surface area contributed by atoms with E-state index in [1.54, 1.807) is 24.3 Å². The van der Waals surface area contributed by atoms with Crippen molar-refractivity contribution < 1.29 is 17.9 Å². The molecular weight excluding hydrogens is 312 g/mol. The highest BCUT2D eigenvalue weighted by Gasteiger charge is 2.24. The van der Waals surface area contributed by atoms with Gasteiger partial charge in [0.1, 0.15) is 0 Å². The van der Waals surface area contributed by atoms with Gasteiger partial charge in [0.25, 0.3) is 0 Å². The van der Waals surface area contributed by atoms with Gasteiger partial charge in [0.05, 0.1) is 17.1 Å². The lowest BCUT2D eigenvalue weighted by Crippen LogP contribution is -2.16. The van der Waals surface area contributed by atoms with Crippen molar-refractivity contribution in [1.29, 1.82) is 0 Å². The maximum atomic E-state index is 12.2.